The lowest BCUT2D eigenvalue weighted by molar-refractivity contribution is -0.120. The van der Waals surface area contributed by atoms with Gasteiger partial charge in [0, 0.05) is 24.3 Å². The molecule has 1 aliphatic heterocycles. The number of fused-ring (bicyclic) bond motifs is 1. The van der Waals surface area contributed by atoms with Crippen molar-refractivity contribution in [2.24, 2.45) is 5.92 Å². The molecule has 0 radical (unpaired) electrons. The normalized spacial score (nSPS) is 17.7. The lowest BCUT2D eigenvalue weighted by Gasteiger charge is -2.31. The molecule has 1 amide bonds. The number of sulfonamides is 1. The summed E-state index contributed by atoms with van der Waals surface area (Å²) >= 11 is 0. The fourth-order valence-corrected chi connectivity index (χ4v) is 5.22. The number of hydrogen-bond donors (Lipinski definition) is 1. The first-order chi connectivity index (χ1) is 14.4. The van der Waals surface area contributed by atoms with Gasteiger partial charge < -0.3 is 5.32 Å². The van der Waals surface area contributed by atoms with E-state index >= 15 is 0 Å². The van der Waals surface area contributed by atoms with E-state index in [1.807, 2.05) is 0 Å². The number of amides is 1. The Labute approximate surface area is 173 Å². The highest BCUT2D eigenvalue weighted by Gasteiger charge is 2.35. The zero-order chi connectivity index (χ0) is 21.3. The topological polar surface area (TPSA) is 122 Å². The Morgan fingerprint density at radius 3 is 2.77 bits per heavy atom. The van der Waals surface area contributed by atoms with Gasteiger partial charge in [-0.05, 0) is 54.3 Å². The van der Waals surface area contributed by atoms with Crippen LogP contribution in [0.2, 0.25) is 0 Å². The third-order valence-electron chi connectivity index (χ3n) is 5.16. The molecule has 1 fully saturated rings. The van der Waals surface area contributed by atoms with Crippen molar-refractivity contribution >= 4 is 38.4 Å². The van der Waals surface area contributed by atoms with E-state index in [-0.39, 0.29) is 28.6 Å². The number of benzene rings is 2. The van der Waals surface area contributed by atoms with Gasteiger partial charge in [0.15, 0.2) is 11.3 Å². The molecule has 2 heterocycles. The number of nitrogens with one attached hydrogen (secondary N) is 1. The summed E-state index contributed by atoms with van der Waals surface area (Å²) in [7, 11) is -3.87. The first-order valence-corrected chi connectivity index (χ1v) is 10.9. The maximum atomic E-state index is 13.2. The van der Waals surface area contributed by atoms with E-state index < -0.39 is 15.9 Å². The van der Waals surface area contributed by atoms with Gasteiger partial charge >= 0.3 is 0 Å². The molecule has 9 nitrogen and oxygen atoms in total. The van der Waals surface area contributed by atoms with Crippen molar-refractivity contribution in [3.05, 3.63) is 48.0 Å². The van der Waals surface area contributed by atoms with Gasteiger partial charge in [-0.1, -0.05) is 18.2 Å². The Kier molecular flexibility index (Phi) is 5.35. The number of piperidine rings is 1. The summed E-state index contributed by atoms with van der Waals surface area (Å²) in [5.41, 5.74) is 1.53. The average Bonchev–Trinajstić information content (AvgIpc) is 3.23. The quantitative estimate of drug-likeness (QED) is 0.619. The van der Waals surface area contributed by atoms with E-state index in [0.717, 1.165) is 0 Å². The molecular formula is C20H20N4O5S. The number of ketones is 1. The summed E-state index contributed by atoms with van der Waals surface area (Å²) in [6.07, 6.45) is 1.12. The van der Waals surface area contributed by atoms with Crippen molar-refractivity contribution in [2.75, 3.05) is 18.4 Å². The smallest absolute Gasteiger partial charge is 0.245 e. The van der Waals surface area contributed by atoms with Crippen LogP contribution in [0.25, 0.3) is 11.0 Å². The van der Waals surface area contributed by atoms with Crippen molar-refractivity contribution in [2.45, 2.75) is 24.7 Å². The first-order valence-electron chi connectivity index (χ1n) is 9.49. The summed E-state index contributed by atoms with van der Waals surface area (Å²) in [5.74, 6) is -0.890. The second-order valence-corrected chi connectivity index (χ2v) is 9.12. The number of hydrogen-bond acceptors (Lipinski definition) is 7. The van der Waals surface area contributed by atoms with Gasteiger partial charge in [0.2, 0.25) is 15.9 Å². The van der Waals surface area contributed by atoms with Crippen LogP contribution in [0.15, 0.2) is 52.0 Å². The number of nitrogens with zero attached hydrogens (tertiary/aromatic N) is 3. The molecule has 1 N–H and O–H groups in total. The van der Waals surface area contributed by atoms with E-state index in [4.69, 9.17) is 0 Å². The van der Waals surface area contributed by atoms with Gasteiger partial charge in [-0.15, -0.1) is 0 Å². The number of anilines is 1. The van der Waals surface area contributed by atoms with E-state index in [9.17, 15) is 18.0 Å². The standard InChI is InChI=1S/C20H20N4O5S/c1-13(25)14-5-2-7-16(11-14)21-20(26)15-6-4-10-24(12-15)30(27,28)18-9-3-8-17-19(18)23-29-22-17/h2-3,5,7-9,11,15H,4,6,10,12H2,1H3,(H,21,26)/t15-/m1/s1. The summed E-state index contributed by atoms with van der Waals surface area (Å²) in [6.45, 7) is 1.82. The van der Waals surface area contributed by atoms with Gasteiger partial charge in [-0.2, -0.15) is 4.31 Å². The molecule has 1 aliphatic rings. The minimum absolute atomic E-state index is 0.0106. The van der Waals surface area contributed by atoms with Crippen LogP contribution in [0, 0.1) is 5.92 Å². The third kappa shape index (κ3) is 3.83. The minimum Gasteiger partial charge on any atom is -0.326 e. The van der Waals surface area contributed by atoms with Gasteiger partial charge in [0.25, 0.3) is 0 Å². The van der Waals surface area contributed by atoms with E-state index in [2.05, 4.69) is 20.3 Å². The molecule has 1 atom stereocenters. The monoisotopic (exact) mass is 428 g/mol. The molecule has 0 aliphatic carbocycles. The van der Waals surface area contributed by atoms with Gasteiger partial charge in [-0.25, -0.2) is 13.0 Å². The molecular weight excluding hydrogens is 408 g/mol. The molecule has 0 saturated carbocycles. The molecule has 30 heavy (non-hydrogen) atoms. The summed E-state index contributed by atoms with van der Waals surface area (Å²) in [4.78, 5) is 24.3. The van der Waals surface area contributed by atoms with E-state index in [1.165, 1.54) is 17.3 Å². The van der Waals surface area contributed by atoms with Gasteiger partial charge in [0.05, 0.1) is 5.92 Å². The highest BCUT2D eigenvalue weighted by Crippen LogP contribution is 2.28. The fourth-order valence-electron chi connectivity index (χ4n) is 3.56. The largest absolute Gasteiger partial charge is 0.326 e. The molecule has 1 aromatic heterocycles. The minimum atomic E-state index is -3.87. The number of aromatic nitrogens is 2. The SMILES string of the molecule is CC(=O)c1cccc(NC(=O)[C@@H]2CCCN(S(=O)(=O)c3cccc4nonc34)C2)c1. The summed E-state index contributed by atoms with van der Waals surface area (Å²) in [6, 6.07) is 11.3. The second kappa shape index (κ2) is 7.96. The highest BCUT2D eigenvalue weighted by molar-refractivity contribution is 7.89. The van der Waals surface area contributed by atoms with E-state index in [1.54, 1.807) is 36.4 Å². The van der Waals surface area contributed by atoms with Crippen LogP contribution >= 0.6 is 0 Å². The van der Waals surface area contributed by atoms with E-state index in [0.29, 0.717) is 36.2 Å². The maximum Gasteiger partial charge on any atom is 0.245 e. The number of carbonyl (C=O) groups is 2. The first kappa shape index (κ1) is 20.2. The number of rotatable bonds is 5. The lowest BCUT2D eigenvalue weighted by atomic mass is 9.98. The predicted octanol–water partition coefficient (Wildman–Crippen LogP) is 2.46. The Morgan fingerprint density at radius 1 is 1.17 bits per heavy atom. The van der Waals surface area contributed by atoms with Crippen molar-refractivity contribution < 1.29 is 22.6 Å². The van der Waals surface area contributed by atoms with Crippen LogP contribution in [0.4, 0.5) is 5.69 Å². The predicted molar refractivity (Wildman–Crippen MR) is 108 cm³/mol. The van der Waals surface area contributed by atoms with Crippen LogP contribution in [-0.2, 0) is 14.8 Å². The molecule has 0 unspecified atom stereocenters. The van der Waals surface area contributed by atoms with Crippen LogP contribution in [0.1, 0.15) is 30.1 Å². The fraction of sp³-hybridized carbons (Fsp3) is 0.300. The highest BCUT2D eigenvalue weighted by atomic mass is 32.2. The van der Waals surface area contributed by atoms with Crippen LogP contribution in [0.5, 0.6) is 0 Å². The van der Waals surface area contributed by atoms with Crippen LogP contribution in [-0.4, -0.2) is 47.8 Å². The van der Waals surface area contributed by atoms with Gasteiger partial charge in [-0.3, -0.25) is 9.59 Å². The van der Waals surface area contributed by atoms with Gasteiger partial charge in [0.1, 0.15) is 10.4 Å². The molecule has 10 heteroatoms. The Balaban J connectivity index is 1.53. The maximum absolute atomic E-state index is 13.2. The molecule has 1 saturated heterocycles. The average molecular weight is 428 g/mol. The zero-order valence-corrected chi connectivity index (χ0v) is 17.1. The van der Waals surface area contributed by atoms with Crippen molar-refractivity contribution in [1.82, 2.24) is 14.6 Å². The van der Waals surface area contributed by atoms with Crippen molar-refractivity contribution in [3.8, 4) is 0 Å². The third-order valence-corrected chi connectivity index (χ3v) is 7.06. The Bertz CT molecular complexity index is 1220. The number of carbonyl (C=O) groups excluding carboxylic acids is 2. The molecule has 2 aromatic carbocycles. The molecule has 4 rings (SSSR count). The molecule has 0 bridgehead atoms. The van der Waals surface area contributed by atoms with Crippen LogP contribution in [0.3, 0.4) is 0 Å². The lowest BCUT2D eigenvalue weighted by Crippen LogP contribution is -2.43. The van der Waals surface area contributed by atoms with Crippen LogP contribution < -0.4 is 5.32 Å². The summed E-state index contributed by atoms with van der Waals surface area (Å²) in [5, 5.41) is 10.2. The number of Topliss-reactive ketones (excluding diaryl/α,β-unsaturated/α-hetero) is 1. The molecule has 0 spiro atoms. The Hall–Kier alpha value is -3.11. The Morgan fingerprint density at radius 2 is 1.97 bits per heavy atom. The van der Waals surface area contributed by atoms with Crippen molar-refractivity contribution in [3.63, 3.8) is 0 Å². The zero-order valence-electron chi connectivity index (χ0n) is 16.2. The molecule has 156 valence electrons. The second-order valence-electron chi connectivity index (χ2n) is 7.22. The van der Waals surface area contributed by atoms with Crippen molar-refractivity contribution in [1.29, 1.82) is 0 Å². The summed E-state index contributed by atoms with van der Waals surface area (Å²) < 4.78 is 32.4. The molecule has 3 aromatic rings.